The number of hydrazone groups is 1. The fraction of sp³-hybridized carbons (Fsp3) is 0.0800. The SMILES string of the molecule is COc1ccc(-c2cc(-c3ccccc3)nc(NN=Cc3ccc(O)cc3O)n2)cc1OC. The Balaban J connectivity index is 1.72. The third-order valence-electron chi connectivity index (χ3n) is 4.86. The van der Waals surface area contributed by atoms with Crippen molar-refractivity contribution in [2.24, 2.45) is 5.10 Å². The van der Waals surface area contributed by atoms with Gasteiger partial charge in [-0.3, -0.25) is 0 Å². The molecule has 166 valence electrons. The first kappa shape index (κ1) is 21.6. The highest BCUT2D eigenvalue weighted by molar-refractivity contribution is 5.84. The highest BCUT2D eigenvalue weighted by Gasteiger charge is 2.11. The van der Waals surface area contributed by atoms with Gasteiger partial charge in [0.2, 0.25) is 5.95 Å². The molecular formula is C25H22N4O4. The molecule has 1 aromatic heterocycles. The van der Waals surface area contributed by atoms with Gasteiger partial charge in [-0.15, -0.1) is 0 Å². The number of nitrogens with one attached hydrogen (secondary N) is 1. The summed E-state index contributed by atoms with van der Waals surface area (Å²) < 4.78 is 10.8. The second-order valence-electron chi connectivity index (χ2n) is 7.01. The number of ether oxygens (including phenoxy) is 2. The van der Waals surface area contributed by atoms with Crippen LogP contribution >= 0.6 is 0 Å². The standard InChI is InChI=1S/C25H22N4O4/c1-32-23-11-9-17(12-24(23)33-2)21-14-20(16-6-4-3-5-7-16)27-25(28-21)29-26-15-18-8-10-19(30)13-22(18)31/h3-15,30-31H,1-2H3,(H,27,28,29). The lowest BCUT2D eigenvalue weighted by atomic mass is 10.1. The first-order valence-electron chi connectivity index (χ1n) is 10.1. The Bertz CT molecular complexity index is 1290. The molecule has 0 amide bonds. The quantitative estimate of drug-likeness (QED) is 0.281. The van der Waals surface area contributed by atoms with E-state index in [0.717, 1.165) is 11.1 Å². The van der Waals surface area contributed by atoms with E-state index in [9.17, 15) is 10.2 Å². The lowest BCUT2D eigenvalue weighted by molar-refractivity contribution is 0.355. The molecule has 0 spiro atoms. The zero-order valence-electron chi connectivity index (χ0n) is 18.1. The number of benzene rings is 3. The van der Waals surface area contributed by atoms with Gasteiger partial charge in [0.25, 0.3) is 0 Å². The first-order chi connectivity index (χ1) is 16.1. The Labute approximate surface area is 190 Å². The molecule has 0 aliphatic rings. The smallest absolute Gasteiger partial charge is 0.244 e. The van der Waals surface area contributed by atoms with Crippen LogP contribution in [0, 0.1) is 0 Å². The Morgan fingerprint density at radius 2 is 1.52 bits per heavy atom. The number of hydrogen-bond donors (Lipinski definition) is 3. The first-order valence-corrected chi connectivity index (χ1v) is 10.1. The third kappa shape index (κ3) is 5.01. The minimum Gasteiger partial charge on any atom is -0.508 e. The average molecular weight is 442 g/mol. The topological polar surface area (TPSA) is 109 Å². The minimum atomic E-state index is -0.0921. The molecule has 0 aliphatic heterocycles. The molecule has 0 radical (unpaired) electrons. The zero-order chi connectivity index (χ0) is 23.2. The van der Waals surface area contributed by atoms with Crippen LogP contribution in [-0.4, -0.2) is 40.6 Å². The molecule has 3 N–H and O–H groups in total. The van der Waals surface area contributed by atoms with E-state index < -0.39 is 0 Å². The van der Waals surface area contributed by atoms with Crippen LogP contribution < -0.4 is 14.9 Å². The van der Waals surface area contributed by atoms with Crippen LogP contribution in [0.15, 0.2) is 77.9 Å². The molecule has 0 unspecified atom stereocenters. The summed E-state index contributed by atoms with van der Waals surface area (Å²) in [5.74, 6) is 1.36. The third-order valence-corrected chi connectivity index (χ3v) is 4.86. The van der Waals surface area contributed by atoms with Crippen molar-refractivity contribution in [1.29, 1.82) is 0 Å². The molecule has 0 bridgehead atoms. The van der Waals surface area contributed by atoms with Crippen molar-refractivity contribution in [3.05, 3.63) is 78.4 Å². The van der Waals surface area contributed by atoms with Gasteiger partial charge in [-0.25, -0.2) is 15.4 Å². The summed E-state index contributed by atoms with van der Waals surface area (Å²) in [6.07, 6.45) is 1.42. The molecule has 4 rings (SSSR count). The summed E-state index contributed by atoms with van der Waals surface area (Å²) in [7, 11) is 3.17. The maximum atomic E-state index is 9.93. The molecule has 0 fully saturated rings. The lowest BCUT2D eigenvalue weighted by Crippen LogP contribution is -2.00. The van der Waals surface area contributed by atoms with E-state index in [-0.39, 0.29) is 17.4 Å². The van der Waals surface area contributed by atoms with E-state index in [1.54, 1.807) is 20.3 Å². The predicted molar refractivity (Wildman–Crippen MR) is 127 cm³/mol. The van der Waals surface area contributed by atoms with Crippen LogP contribution in [0.2, 0.25) is 0 Å². The number of aromatic hydroxyl groups is 2. The van der Waals surface area contributed by atoms with Crippen molar-refractivity contribution in [3.63, 3.8) is 0 Å². The molecule has 8 nitrogen and oxygen atoms in total. The van der Waals surface area contributed by atoms with Gasteiger partial charge in [0, 0.05) is 22.8 Å². The number of rotatable bonds is 7. The van der Waals surface area contributed by atoms with Crippen molar-refractivity contribution in [3.8, 4) is 45.5 Å². The van der Waals surface area contributed by atoms with Crippen LogP contribution in [0.25, 0.3) is 22.5 Å². The molecular weight excluding hydrogens is 420 g/mol. The summed E-state index contributed by atoms with van der Waals surface area (Å²) in [4.78, 5) is 9.17. The number of hydrogen-bond acceptors (Lipinski definition) is 8. The molecule has 0 atom stereocenters. The number of aromatic nitrogens is 2. The van der Waals surface area contributed by atoms with Crippen molar-refractivity contribution >= 4 is 12.2 Å². The number of phenols is 2. The Kier molecular flexibility index (Phi) is 6.36. The molecule has 3 aromatic carbocycles. The number of methoxy groups -OCH3 is 2. The molecule has 8 heteroatoms. The maximum Gasteiger partial charge on any atom is 0.244 e. The van der Waals surface area contributed by atoms with Crippen LogP contribution in [0.4, 0.5) is 5.95 Å². The van der Waals surface area contributed by atoms with Crippen molar-refractivity contribution < 1.29 is 19.7 Å². The minimum absolute atomic E-state index is 0.0314. The van der Waals surface area contributed by atoms with Crippen LogP contribution in [0.1, 0.15) is 5.56 Å². The Morgan fingerprint density at radius 1 is 0.788 bits per heavy atom. The normalized spacial score (nSPS) is 10.8. The summed E-state index contributed by atoms with van der Waals surface area (Å²) >= 11 is 0. The van der Waals surface area contributed by atoms with Gasteiger partial charge in [0.15, 0.2) is 11.5 Å². The van der Waals surface area contributed by atoms with E-state index in [2.05, 4.69) is 20.5 Å². The summed E-state index contributed by atoms with van der Waals surface area (Å²) in [5.41, 5.74) is 6.36. The monoisotopic (exact) mass is 442 g/mol. The zero-order valence-corrected chi connectivity index (χ0v) is 18.1. The molecule has 0 aliphatic carbocycles. The maximum absolute atomic E-state index is 9.93. The number of nitrogens with zero attached hydrogens (tertiary/aromatic N) is 3. The summed E-state index contributed by atoms with van der Waals surface area (Å²) in [5, 5.41) is 23.5. The van der Waals surface area contributed by atoms with Gasteiger partial charge in [0.1, 0.15) is 11.5 Å². The summed E-state index contributed by atoms with van der Waals surface area (Å²) in [6.45, 7) is 0. The van der Waals surface area contributed by atoms with E-state index in [1.165, 1.54) is 18.3 Å². The molecule has 4 aromatic rings. The van der Waals surface area contributed by atoms with E-state index in [4.69, 9.17) is 9.47 Å². The largest absolute Gasteiger partial charge is 0.508 e. The van der Waals surface area contributed by atoms with Gasteiger partial charge in [-0.2, -0.15) is 5.10 Å². The predicted octanol–water partition coefficient (Wildman–Crippen LogP) is 4.69. The van der Waals surface area contributed by atoms with Crippen molar-refractivity contribution in [2.45, 2.75) is 0 Å². The van der Waals surface area contributed by atoms with Gasteiger partial charge in [-0.05, 0) is 36.4 Å². The number of anilines is 1. The van der Waals surface area contributed by atoms with Crippen LogP contribution in [-0.2, 0) is 0 Å². The highest BCUT2D eigenvalue weighted by atomic mass is 16.5. The molecule has 33 heavy (non-hydrogen) atoms. The number of phenolic OH excluding ortho intramolecular Hbond substituents is 2. The van der Waals surface area contributed by atoms with E-state index in [1.807, 2.05) is 54.6 Å². The molecule has 0 saturated carbocycles. The second-order valence-corrected chi connectivity index (χ2v) is 7.01. The average Bonchev–Trinajstić information content (AvgIpc) is 2.85. The van der Waals surface area contributed by atoms with Gasteiger partial charge >= 0.3 is 0 Å². The molecule has 1 heterocycles. The summed E-state index contributed by atoms with van der Waals surface area (Å²) in [6, 6.07) is 21.4. The fourth-order valence-electron chi connectivity index (χ4n) is 3.20. The van der Waals surface area contributed by atoms with Gasteiger partial charge < -0.3 is 19.7 Å². The highest BCUT2D eigenvalue weighted by Crippen LogP contribution is 2.33. The lowest BCUT2D eigenvalue weighted by Gasteiger charge is -2.11. The van der Waals surface area contributed by atoms with Crippen LogP contribution in [0.5, 0.6) is 23.0 Å². The van der Waals surface area contributed by atoms with E-state index >= 15 is 0 Å². The van der Waals surface area contributed by atoms with Gasteiger partial charge in [0.05, 0.1) is 31.8 Å². The van der Waals surface area contributed by atoms with Crippen molar-refractivity contribution in [2.75, 3.05) is 19.6 Å². The second kappa shape index (κ2) is 9.69. The molecule has 0 saturated heterocycles. The van der Waals surface area contributed by atoms with Gasteiger partial charge in [-0.1, -0.05) is 30.3 Å². The van der Waals surface area contributed by atoms with Crippen molar-refractivity contribution in [1.82, 2.24) is 9.97 Å². The van der Waals surface area contributed by atoms with Crippen LogP contribution in [0.3, 0.4) is 0 Å². The van der Waals surface area contributed by atoms with E-state index in [0.29, 0.717) is 28.5 Å². The Morgan fingerprint density at radius 3 is 2.21 bits per heavy atom. The Hall–Kier alpha value is -4.59. The fourth-order valence-corrected chi connectivity index (χ4v) is 3.20.